The predicted molar refractivity (Wildman–Crippen MR) is 97.3 cm³/mol. The summed E-state index contributed by atoms with van der Waals surface area (Å²) >= 11 is 1.40. The number of ether oxygens (including phenoxy) is 1. The SMILES string of the molecule is Cn1nc(C(F)(F)F)cc1SN1CCC2(CC1)CC(NC1CCOCC1)C2. The van der Waals surface area contributed by atoms with E-state index >= 15 is 0 Å². The maximum Gasteiger partial charge on any atom is 0.435 e. The highest BCUT2D eigenvalue weighted by molar-refractivity contribution is 7.97. The van der Waals surface area contributed by atoms with Crippen molar-refractivity contribution in [3.8, 4) is 0 Å². The van der Waals surface area contributed by atoms with Crippen LogP contribution in [-0.2, 0) is 18.0 Å². The van der Waals surface area contributed by atoms with E-state index in [1.54, 1.807) is 7.05 Å². The van der Waals surface area contributed by atoms with Gasteiger partial charge in [-0.3, -0.25) is 4.68 Å². The highest BCUT2D eigenvalue weighted by Crippen LogP contribution is 2.50. The number of nitrogens with one attached hydrogen (secondary N) is 1. The molecule has 3 heterocycles. The fourth-order valence-electron chi connectivity index (χ4n) is 4.57. The third-order valence-electron chi connectivity index (χ3n) is 6.18. The van der Waals surface area contributed by atoms with Crippen LogP contribution >= 0.6 is 11.9 Å². The smallest absolute Gasteiger partial charge is 0.381 e. The van der Waals surface area contributed by atoms with E-state index in [1.807, 2.05) is 0 Å². The molecule has 2 saturated heterocycles. The summed E-state index contributed by atoms with van der Waals surface area (Å²) in [6.45, 7) is 3.57. The summed E-state index contributed by atoms with van der Waals surface area (Å²) in [7, 11) is 1.57. The zero-order valence-corrected chi connectivity index (χ0v) is 16.4. The molecule has 1 aliphatic carbocycles. The number of piperidine rings is 1. The molecule has 5 nitrogen and oxygen atoms in total. The molecule has 0 amide bonds. The van der Waals surface area contributed by atoms with Crippen LogP contribution in [0.15, 0.2) is 11.1 Å². The lowest BCUT2D eigenvalue weighted by Gasteiger charge is -2.53. The minimum absolute atomic E-state index is 0.434. The Morgan fingerprint density at radius 1 is 1.19 bits per heavy atom. The monoisotopic (exact) mass is 404 g/mol. The van der Waals surface area contributed by atoms with E-state index in [2.05, 4.69) is 14.7 Å². The van der Waals surface area contributed by atoms with Gasteiger partial charge in [0.1, 0.15) is 5.03 Å². The van der Waals surface area contributed by atoms with E-state index in [-0.39, 0.29) is 0 Å². The van der Waals surface area contributed by atoms with Crippen LogP contribution in [-0.4, -0.2) is 52.5 Å². The maximum atomic E-state index is 12.8. The van der Waals surface area contributed by atoms with Crippen LogP contribution in [0.2, 0.25) is 0 Å². The molecule has 3 aliphatic rings. The van der Waals surface area contributed by atoms with Crippen molar-refractivity contribution in [2.24, 2.45) is 12.5 Å². The van der Waals surface area contributed by atoms with Crippen molar-refractivity contribution in [1.82, 2.24) is 19.4 Å². The molecule has 0 unspecified atom stereocenters. The maximum absolute atomic E-state index is 12.8. The van der Waals surface area contributed by atoms with Crippen LogP contribution in [0.25, 0.3) is 0 Å². The van der Waals surface area contributed by atoms with Gasteiger partial charge in [0.15, 0.2) is 5.69 Å². The highest BCUT2D eigenvalue weighted by atomic mass is 32.2. The van der Waals surface area contributed by atoms with E-state index in [0.29, 0.717) is 22.5 Å². The third kappa shape index (κ3) is 4.46. The van der Waals surface area contributed by atoms with Gasteiger partial charge in [0.2, 0.25) is 0 Å². The summed E-state index contributed by atoms with van der Waals surface area (Å²) in [6.07, 6.45) is 2.53. The van der Waals surface area contributed by atoms with E-state index in [1.165, 1.54) is 29.5 Å². The van der Waals surface area contributed by atoms with Crippen LogP contribution in [0, 0.1) is 5.41 Å². The number of hydrogen-bond acceptors (Lipinski definition) is 5. The van der Waals surface area contributed by atoms with Gasteiger partial charge in [0.25, 0.3) is 0 Å². The molecule has 1 spiro atoms. The van der Waals surface area contributed by atoms with E-state index in [9.17, 15) is 13.2 Å². The van der Waals surface area contributed by atoms with Crippen LogP contribution in [0.3, 0.4) is 0 Å². The Morgan fingerprint density at radius 2 is 1.85 bits per heavy atom. The zero-order chi connectivity index (χ0) is 19.1. The molecule has 9 heteroatoms. The number of aromatic nitrogens is 2. The molecular formula is C18H27F3N4OS. The molecule has 0 radical (unpaired) electrons. The largest absolute Gasteiger partial charge is 0.435 e. The summed E-state index contributed by atoms with van der Waals surface area (Å²) in [5.74, 6) is 0. The Hall–Kier alpha value is -0.770. The van der Waals surface area contributed by atoms with Crippen LogP contribution in [0.1, 0.15) is 44.2 Å². The van der Waals surface area contributed by atoms with E-state index in [0.717, 1.165) is 58.1 Å². The average molecular weight is 405 g/mol. The summed E-state index contributed by atoms with van der Waals surface area (Å²) in [4.78, 5) is 0. The van der Waals surface area contributed by atoms with Crippen LogP contribution in [0.5, 0.6) is 0 Å². The van der Waals surface area contributed by atoms with Crippen LogP contribution in [0.4, 0.5) is 13.2 Å². The number of alkyl halides is 3. The number of halogens is 3. The lowest BCUT2D eigenvalue weighted by Crippen LogP contribution is -2.55. The Bertz CT molecular complexity index is 644. The number of aryl methyl sites for hydroxylation is 1. The van der Waals surface area contributed by atoms with Crippen molar-refractivity contribution < 1.29 is 17.9 Å². The van der Waals surface area contributed by atoms with Crippen LogP contribution < -0.4 is 5.32 Å². The van der Waals surface area contributed by atoms with Gasteiger partial charge in [-0.25, -0.2) is 4.31 Å². The molecule has 0 atom stereocenters. The summed E-state index contributed by atoms with van der Waals surface area (Å²) in [6, 6.07) is 2.37. The molecule has 0 aromatic carbocycles. The van der Waals surface area contributed by atoms with Gasteiger partial charge in [-0.15, -0.1) is 0 Å². The first-order chi connectivity index (χ1) is 12.8. The lowest BCUT2D eigenvalue weighted by molar-refractivity contribution is -0.141. The first-order valence-corrected chi connectivity index (χ1v) is 10.5. The molecule has 4 rings (SSSR count). The van der Waals surface area contributed by atoms with Gasteiger partial charge in [-0.1, -0.05) is 0 Å². The minimum atomic E-state index is -4.39. The molecule has 3 fully saturated rings. The first kappa shape index (κ1) is 19.5. The zero-order valence-electron chi connectivity index (χ0n) is 15.6. The highest BCUT2D eigenvalue weighted by Gasteiger charge is 2.46. The Kier molecular flexibility index (Phi) is 5.48. The van der Waals surface area contributed by atoms with E-state index in [4.69, 9.17) is 4.74 Å². The molecule has 2 aliphatic heterocycles. The fraction of sp³-hybridized carbons (Fsp3) is 0.833. The molecule has 1 saturated carbocycles. The topological polar surface area (TPSA) is 42.3 Å². The molecule has 1 aromatic heterocycles. The quantitative estimate of drug-likeness (QED) is 0.779. The Balaban J connectivity index is 1.24. The van der Waals surface area contributed by atoms with Crippen molar-refractivity contribution in [2.45, 2.75) is 61.8 Å². The number of hydrogen-bond donors (Lipinski definition) is 1. The minimum Gasteiger partial charge on any atom is -0.381 e. The third-order valence-corrected chi connectivity index (χ3v) is 7.38. The first-order valence-electron chi connectivity index (χ1n) is 9.71. The van der Waals surface area contributed by atoms with Gasteiger partial charge in [-0.2, -0.15) is 18.3 Å². The summed E-state index contributed by atoms with van der Waals surface area (Å²) in [5, 5.41) is 7.93. The van der Waals surface area contributed by atoms with Crippen molar-refractivity contribution in [2.75, 3.05) is 26.3 Å². The fourth-order valence-corrected chi connectivity index (χ4v) is 5.52. The average Bonchev–Trinajstić information content (AvgIpc) is 2.97. The normalized spacial score (nSPS) is 25.0. The Labute approximate surface area is 162 Å². The summed E-state index contributed by atoms with van der Waals surface area (Å²) in [5.41, 5.74) is -0.384. The van der Waals surface area contributed by atoms with Gasteiger partial charge < -0.3 is 10.1 Å². The predicted octanol–water partition coefficient (Wildman–Crippen LogP) is 3.46. The molecule has 152 valence electrons. The van der Waals surface area contributed by atoms with Crippen molar-refractivity contribution in [3.63, 3.8) is 0 Å². The Morgan fingerprint density at radius 3 is 2.44 bits per heavy atom. The van der Waals surface area contributed by atoms with E-state index < -0.39 is 11.9 Å². The molecule has 1 N–H and O–H groups in total. The van der Waals surface area contributed by atoms with Gasteiger partial charge in [0.05, 0.1) is 0 Å². The standard InChI is InChI=1S/C18H27F3N4OS/c1-24-16(10-15(23-24)18(19,20)21)27-25-6-4-17(5-7-25)11-14(12-17)22-13-2-8-26-9-3-13/h10,13-14,22H,2-9,11-12H2,1H3. The molecular weight excluding hydrogens is 377 g/mol. The van der Waals surface area contributed by atoms with Crippen molar-refractivity contribution in [1.29, 1.82) is 0 Å². The van der Waals surface area contributed by atoms with Crippen molar-refractivity contribution in [3.05, 3.63) is 11.8 Å². The summed E-state index contributed by atoms with van der Waals surface area (Å²) < 4.78 is 47.4. The second-order valence-corrected chi connectivity index (χ2v) is 9.29. The molecule has 0 bridgehead atoms. The number of rotatable bonds is 4. The van der Waals surface area contributed by atoms with Gasteiger partial charge in [-0.05, 0) is 55.9 Å². The number of nitrogens with zero attached hydrogens (tertiary/aromatic N) is 3. The van der Waals surface area contributed by atoms with Crippen molar-refractivity contribution >= 4 is 11.9 Å². The molecule has 27 heavy (non-hydrogen) atoms. The van der Waals surface area contributed by atoms with Gasteiger partial charge in [0, 0.05) is 51.5 Å². The van der Waals surface area contributed by atoms with Gasteiger partial charge >= 0.3 is 6.18 Å². The second-order valence-electron chi connectivity index (χ2n) is 8.17. The lowest BCUT2D eigenvalue weighted by atomic mass is 9.60. The molecule has 1 aromatic rings. The second kappa shape index (κ2) is 7.57.